The van der Waals surface area contributed by atoms with Gasteiger partial charge in [0.15, 0.2) is 18.2 Å². The Hall–Kier alpha value is -1.00. The van der Waals surface area contributed by atoms with Crippen LogP contribution in [0.15, 0.2) is 11.1 Å². The van der Waals surface area contributed by atoms with Crippen molar-refractivity contribution in [3.8, 4) is 0 Å². The maximum Gasteiger partial charge on any atom is 0.228 e. The van der Waals surface area contributed by atoms with E-state index in [1.54, 1.807) is 13.8 Å². The molecule has 4 nitrogen and oxygen atoms in total. The lowest BCUT2D eigenvalue weighted by atomic mass is 10.0. The van der Waals surface area contributed by atoms with Crippen LogP contribution in [0.4, 0.5) is 0 Å². The van der Waals surface area contributed by atoms with Gasteiger partial charge >= 0.3 is 0 Å². The number of hydrogen-bond donors (Lipinski definition) is 0. The summed E-state index contributed by atoms with van der Waals surface area (Å²) in [5, 5.41) is 0. The number of carbonyl (C=O) groups excluding carboxylic acids is 2. The van der Waals surface area contributed by atoms with Gasteiger partial charge in [-0.2, -0.15) is 0 Å². The van der Waals surface area contributed by atoms with Crippen LogP contribution in [0.3, 0.4) is 0 Å². The molecule has 0 spiro atoms. The highest BCUT2D eigenvalue weighted by Crippen LogP contribution is 2.27. The lowest BCUT2D eigenvalue weighted by Crippen LogP contribution is -2.45. The Kier molecular flexibility index (Phi) is 3.42. The number of hydrogen-bond acceptors (Lipinski definition) is 4. The van der Waals surface area contributed by atoms with Gasteiger partial charge in [0, 0.05) is 0 Å². The highest BCUT2D eigenvalue weighted by molar-refractivity contribution is 6.28. The third-order valence-corrected chi connectivity index (χ3v) is 2.31. The average molecular weight is 212 g/mol. The van der Waals surface area contributed by atoms with Crippen LogP contribution in [0.1, 0.15) is 27.7 Å². The van der Waals surface area contributed by atoms with Crippen molar-refractivity contribution >= 4 is 12.1 Å². The summed E-state index contributed by atoms with van der Waals surface area (Å²) in [7, 11) is 0. The molecule has 84 valence electrons. The summed E-state index contributed by atoms with van der Waals surface area (Å²) in [4.78, 5) is 21.9. The summed E-state index contributed by atoms with van der Waals surface area (Å²) in [6.07, 6.45) is -0.481. The molecule has 1 atom stereocenters. The molecule has 0 aromatic rings. The lowest BCUT2D eigenvalue weighted by Gasteiger charge is -2.36. The SMILES string of the molecule is CC(C)=C1COC(C)(C)OC1C(=O)C=O. The largest absolute Gasteiger partial charge is 0.346 e. The Morgan fingerprint density at radius 2 is 2.07 bits per heavy atom. The minimum Gasteiger partial charge on any atom is -0.346 e. The second-order valence-electron chi connectivity index (χ2n) is 4.23. The zero-order valence-electron chi connectivity index (χ0n) is 9.49. The summed E-state index contributed by atoms with van der Waals surface area (Å²) in [5.74, 6) is -1.37. The molecular weight excluding hydrogens is 196 g/mol. The minimum absolute atomic E-state index is 0.301. The average Bonchev–Trinajstić information content (AvgIpc) is 2.14. The fourth-order valence-corrected chi connectivity index (χ4v) is 1.41. The van der Waals surface area contributed by atoms with Crippen molar-refractivity contribution in [2.45, 2.75) is 39.6 Å². The molecule has 0 bridgehead atoms. The maximum atomic E-state index is 11.4. The van der Waals surface area contributed by atoms with Crippen LogP contribution >= 0.6 is 0 Å². The molecule has 1 heterocycles. The van der Waals surface area contributed by atoms with E-state index in [1.807, 2.05) is 13.8 Å². The van der Waals surface area contributed by atoms with E-state index in [9.17, 15) is 9.59 Å². The molecule has 1 aliphatic heterocycles. The molecule has 0 aromatic heterocycles. The van der Waals surface area contributed by atoms with Gasteiger partial charge in [0.05, 0.1) is 6.61 Å². The van der Waals surface area contributed by atoms with Crippen LogP contribution in [0.2, 0.25) is 0 Å². The molecule has 0 aliphatic carbocycles. The van der Waals surface area contributed by atoms with E-state index in [1.165, 1.54) is 0 Å². The Morgan fingerprint density at radius 3 is 2.53 bits per heavy atom. The molecule has 1 fully saturated rings. The molecule has 1 unspecified atom stereocenters. The third kappa shape index (κ3) is 2.73. The predicted molar refractivity (Wildman–Crippen MR) is 54.3 cm³/mol. The van der Waals surface area contributed by atoms with E-state index in [-0.39, 0.29) is 0 Å². The van der Waals surface area contributed by atoms with Crippen molar-refractivity contribution in [1.82, 2.24) is 0 Å². The van der Waals surface area contributed by atoms with Crippen molar-refractivity contribution in [2.24, 2.45) is 0 Å². The molecule has 15 heavy (non-hydrogen) atoms. The van der Waals surface area contributed by atoms with E-state index in [0.717, 1.165) is 11.1 Å². The van der Waals surface area contributed by atoms with Crippen molar-refractivity contribution in [2.75, 3.05) is 6.61 Å². The smallest absolute Gasteiger partial charge is 0.228 e. The quantitative estimate of drug-likeness (QED) is 0.392. The molecule has 1 rings (SSSR count). The van der Waals surface area contributed by atoms with Crippen molar-refractivity contribution in [3.05, 3.63) is 11.1 Å². The molecule has 0 radical (unpaired) electrons. The van der Waals surface area contributed by atoms with Gasteiger partial charge in [-0.3, -0.25) is 9.59 Å². The summed E-state index contributed by atoms with van der Waals surface area (Å²) in [6.45, 7) is 7.51. The zero-order chi connectivity index (χ0) is 11.6. The van der Waals surface area contributed by atoms with Gasteiger partial charge < -0.3 is 9.47 Å². The molecular formula is C11H16O4. The summed E-state index contributed by atoms with van der Waals surface area (Å²) >= 11 is 0. The van der Waals surface area contributed by atoms with Gasteiger partial charge in [-0.05, 0) is 33.3 Å². The summed E-state index contributed by atoms with van der Waals surface area (Å²) in [6, 6.07) is 0. The fourth-order valence-electron chi connectivity index (χ4n) is 1.41. The molecule has 0 N–H and O–H groups in total. The Balaban J connectivity index is 2.99. The van der Waals surface area contributed by atoms with Crippen LogP contribution < -0.4 is 0 Å². The number of Topliss-reactive ketones (excluding diaryl/α,β-unsaturated/α-hetero) is 1. The van der Waals surface area contributed by atoms with Gasteiger partial charge in [0.2, 0.25) is 5.78 Å². The van der Waals surface area contributed by atoms with E-state index in [4.69, 9.17) is 9.47 Å². The predicted octanol–water partition coefficient (Wildman–Crippen LogP) is 1.24. The Bertz CT molecular complexity index is 311. The van der Waals surface area contributed by atoms with Gasteiger partial charge in [-0.15, -0.1) is 0 Å². The number of allylic oxidation sites excluding steroid dienone is 1. The summed E-state index contributed by atoms with van der Waals surface area (Å²) in [5.41, 5.74) is 1.69. The van der Waals surface area contributed by atoms with Crippen molar-refractivity contribution < 1.29 is 19.1 Å². The standard InChI is InChI=1S/C11H16O4/c1-7(2)8-6-14-11(3,4)15-10(8)9(13)5-12/h5,10H,6H2,1-4H3. The maximum absolute atomic E-state index is 11.4. The first-order valence-electron chi connectivity index (χ1n) is 4.84. The van der Waals surface area contributed by atoms with Gasteiger partial charge in [0.1, 0.15) is 0 Å². The fraction of sp³-hybridized carbons (Fsp3) is 0.636. The third-order valence-electron chi connectivity index (χ3n) is 2.31. The van der Waals surface area contributed by atoms with Gasteiger partial charge in [-0.1, -0.05) is 5.57 Å². The first-order valence-corrected chi connectivity index (χ1v) is 4.84. The topological polar surface area (TPSA) is 52.6 Å². The van der Waals surface area contributed by atoms with Gasteiger partial charge in [-0.25, -0.2) is 0 Å². The molecule has 4 heteroatoms. The number of ketones is 1. The van der Waals surface area contributed by atoms with Crippen molar-refractivity contribution in [1.29, 1.82) is 0 Å². The first kappa shape index (κ1) is 12.1. The Morgan fingerprint density at radius 1 is 1.47 bits per heavy atom. The Labute approximate surface area is 89.2 Å². The number of rotatable bonds is 2. The normalized spacial score (nSPS) is 24.8. The van der Waals surface area contributed by atoms with Gasteiger partial charge in [0.25, 0.3) is 0 Å². The number of carbonyl (C=O) groups is 2. The number of ether oxygens (including phenoxy) is 2. The molecule has 1 saturated heterocycles. The lowest BCUT2D eigenvalue weighted by molar-refractivity contribution is -0.247. The highest BCUT2D eigenvalue weighted by Gasteiger charge is 2.36. The van der Waals surface area contributed by atoms with Crippen LogP contribution in [0.5, 0.6) is 0 Å². The number of aldehydes is 1. The highest BCUT2D eigenvalue weighted by atomic mass is 16.7. The summed E-state index contributed by atoms with van der Waals surface area (Å²) < 4.78 is 10.9. The molecule has 0 saturated carbocycles. The molecule has 0 amide bonds. The monoisotopic (exact) mass is 212 g/mol. The second-order valence-corrected chi connectivity index (χ2v) is 4.23. The first-order chi connectivity index (χ1) is 6.87. The second kappa shape index (κ2) is 4.24. The van der Waals surface area contributed by atoms with Crippen LogP contribution in [-0.4, -0.2) is 30.6 Å². The van der Waals surface area contributed by atoms with E-state index >= 15 is 0 Å². The molecule has 1 aliphatic rings. The van der Waals surface area contributed by atoms with E-state index in [0.29, 0.717) is 12.9 Å². The van der Waals surface area contributed by atoms with Crippen LogP contribution in [0, 0.1) is 0 Å². The minimum atomic E-state index is -0.817. The van der Waals surface area contributed by atoms with Crippen LogP contribution in [-0.2, 0) is 19.1 Å². The molecule has 0 aromatic carbocycles. The van der Waals surface area contributed by atoms with Crippen LogP contribution in [0.25, 0.3) is 0 Å². The van der Waals surface area contributed by atoms with E-state index in [2.05, 4.69) is 0 Å². The van der Waals surface area contributed by atoms with Crippen molar-refractivity contribution in [3.63, 3.8) is 0 Å². The zero-order valence-corrected chi connectivity index (χ0v) is 9.49. The van der Waals surface area contributed by atoms with E-state index < -0.39 is 17.7 Å².